The van der Waals surface area contributed by atoms with Gasteiger partial charge in [-0.25, -0.2) is 0 Å². The second kappa shape index (κ2) is 4.59. The first kappa shape index (κ1) is 15.6. The summed E-state index contributed by atoms with van der Waals surface area (Å²) in [6, 6.07) is 0. The van der Waals surface area contributed by atoms with Crippen LogP contribution in [0.3, 0.4) is 0 Å². The number of fused-ring (bicyclic) bond motifs is 3. The zero-order chi connectivity index (χ0) is 15.6. The summed E-state index contributed by atoms with van der Waals surface area (Å²) in [4.78, 5) is 12.5. The maximum absolute atomic E-state index is 12.5. The first-order valence-electron chi connectivity index (χ1n) is 7.95. The highest BCUT2D eigenvalue weighted by Crippen LogP contribution is 2.68. The van der Waals surface area contributed by atoms with Crippen LogP contribution < -0.4 is 0 Å². The Hall–Kier alpha value is -0.320. The van der Waals surface area contributed by atoms with Gasteiger partial charge in [0.15, 0.2) is 0 Å². The molecule has 3 aliphatic rings. The highest BCUT2D eigenvalue weighted by atomic mass is 32.2. The van der Waals surface area contributed by atoms with E-state index in [-0.39, 0.29) is 15.9 Å². The second-order valence-corrected chi connectivity index (χ2v) is 9.28. The molecule has 5 atom stereocenters. The van der Waals surface area contributed by atoms with E-state index < -0.39 is 11.7 Å². The molecule has 0 aromatic rings. The van der Waals surface area contributed by atoms with E-state index in [9.17, 15) is 15.0 Å². The summed E-state index contributed by atoms with van der Waals surface area (Å²) in [5, 5.41) is 21.4. The van der Waals surface area contributed by atoms with Crippen LogP contribution in [0.1, 0.15) is 47.0 Å². The van der Waals surface area contributed by atoms with Gasteiger partial charge in [0.2, 0.25) is 5.12 Å². The maximum Gasteiger partial charge on any atom is 0.218 e. The molecule has 0 heterocycles. The first-order chi connectivity index (χ1) is 9.65. The summed E-state index contributed by atoms with van der Waals surface area (Å²) < 4.78 is 0. The van der Waals surface area contributed by atoms with Crippen molar-refractivity contribution >= 4 is 16.9 Å². The van der Waals surface area contributed by atoms with Gasteiger partial charge in [0, 0.05) is 11.0 Å². The molecule has 21 heavy (non-hydrogen) atoms. The van der Waals surface area contributed by atoms with Crippen LogP contribution in [0.4, 0.5) is 0 Å². The van der Waals surface area contributed by atoms with Gasteiger partial charge < -0.3 is 10.2 Å². The van der Waals surface area contributed by atoms with Gasteiger partial charge in [0.1, 0.15) is 5.60 Å². The molecule has 0 unspecified atom stereocenters. The molecule has 3 rings (SSSR count). The molecule has 2 saturated carbocycles. The van der Waals surface area contributed by atoms with E-state index >= 15 is 0 Å². The summed E-state index contributed by atoms with van der Waals surface area (Å²) in [5.74, 6) is 1.41. The van der Waals surface area contributed by atoms with E-state index in [1.807, 2.05) is 13.0 Å². The zero-order valence-electron chi connectivity index (χ0n) is 13.3. The largest absolute Gasteiger partial charge is 0.390 e. The van der Waals surface area contributed by atoms with E-state index in [0.29, 0.717) is 29.6 Å². The smallest absolute Gasteiger partial charge is 0.218 e. The third-order valence-electron chi connectivity index (χ3n) is 6.15. The number of hydrogen-bond donors (Lipinski definition) is 2. The van der Waals surface area contributed by atoms with Crippen molar-refractivity contribution in [3.05, 3.63) is 11.6 Å². The Labute approximate surface area is 131 Å². The number of allylic oxidation sites excluding steroid dienone is 1. The van der Waals surface area contributed by atoms with Crippen molar-refractivity contribution in [2.75, 3.05) is 5.75 Å². The lowest BCUT2D eigenvalue weighted by atomic mass is 9.44. The van der Waals surface area contributed by atoms with Crippen LogP contribution in [0.25, 0.3) is 0 Å². The molecule has 0 saturated heterocycles. The van der Waals surface area contributed by atoms with E-state index in [0.717, 1.165) is 12.8 Å². The van der Waals surface area contributed by atoms with Crippen molar-refractivity contribution < 1.29 is 15.0 Å². The number of thioether (sulfide) groups is 1. The average molecular weight is 310 g/mol. The lowest BCUT2D eigenvalue weighted by Gasteiger charge is -2.64. The van der Waals surface area contributed by atoms with Crippen LogP contribution in [-0.4, -0.2) is 32.8 Å². The monoisotopic (exact) mass is 310 g/mol. The summed E-state index contributed by atoms with van der Waals surface area (Å²) in [5.41, 5.74) is -0.992. The Bertz CT molecular complexity index is 512. The quantitative estimate of drug-likeness (QED) is 0.823. The van der Waals surface area contributed by atoms with Gasteiger partial charge in [-0.1, -0.05) is 45.5 Å². The third kappa shape index (κ3) is 1.91. The highest BCUT2D eigenvalue weighted by Gasteiger charge is 2.71. The van der Waals surface area contributed by atoms with Crippen molar-refractivity contribution in [1.82, 2.24) is 0 Å². The van der Waals surface area contributed by atoms with Crippen LogP contribution in [0.5, 0.6) is 0 Å². The van der Waals surface area contributed by atoms with Gasteiger partial charge in [-0.2, -0.15) is 0 Å². The van der Waals surface area contributed by atoms with Crippen LogP contribution >= 0.6 is 11.8 Å². The topological polar surface area (TPSA) is 57.5 Å². The van der Waals surface area contributed by atoms with Crippen LogP contribution in [0.15, 0.2) is 11.6 Å². The average Bonchev–Trinajstić information content (AvgIpc) is 2.70. The second-order valence-electron chi connectivity index (χ2n) is 8.05. The maximum atomic E-state index is 12.5. The predicted octanol–water partition coefficient (Wildman–Crippen LogP) is 2.76. The SMILES string of the molecule is CCSC(=O)C1=C[C@H]2CC(C)(C)C[C@H]2[C@]2(C)C[C@@H](O)[C@]12O. The molecule has 0 aromatic carbocycles. The molecule has 0 aliphatic heterocycles. The molecular formula is C17H26O3S. The Morgan fingerprint density at radius 2 is 2.00 bits per heavy atom. The van der Waals surface area contributed by atoms with E-state index in [2.05, 4.69) is 20.8 Å². The number of carbonyl (C=O) groups excluding carboxylic acids is 1. The Kier molecular flexibility index (Phi) is 3.40. The molecule has 0 amide bonds. The lowest BCUT2D eigenvalue weighted by Crippen LogP contribution is -2.72. The van der Waals surface area contributed by atoms with Crippen molar-refractivity contribution in [2.24, 2.45) is 22.7 Å². The fourth-order valence-corrected chi connectivity index (χ4v) is 5.77. The standard InChI is InChI=1S/C17H26O3S/c1-5-21-14(19)11-6-10-7-15(2,3)8-12(10)16(4)9-13(18)17(11,16)20/h6,10,12-13,18,20H,5,7-9H2,1-4H3/t10-,12+,13+,16-,17+/m0/s1. The summed E-state index contributed by atoms with van der Waals surface area (Å²) in [7, 11) is 0. The molecule has 0 aromatic heterocycles. The van der Waals surface area contributed by atoms with Gasteiger partial charge in [-0.3, -0.25) is 4.79 Å². The molecule has 118 valence electrons. The van der Waals surface area contributed by atoms with Crippen LogP contribution in [0.2, 0.25) is 0 Å². The molecular weight excluding hydrogens is 284 g/mol. The van der Waals surface area contributed by atoms with Gasteiger partial charge >= 0.3 is 0 Å². The summed E-state index contributed by atoms with van der Waals surface area (Å²) >= 11 is 1.23. The van der Waals surface area contributed by atoms with Crippen molar-refractivity contribution in [1.29, 1.82) is 0 Å². The molecule has 0 bridgehead atoms. The van der Waals surface area contributed by atoms with E-state index in [1.54, 1.807) is 0 Å². The summed E-state index contributed by atoms with van der Waals surface area (Å²) in [6.07, 6.45) is 3.91. The van der Waals surface area contributed by atoms with Gasteiger partial charge in [0.25, 0.3) is 0 Å². The Balaban J connectivity index is 2.05. The molecule has 2 N–H and O–H groups in total. The van der Waals surface area contributed by atoms with E-state index in [4.69, 9.17) is 0 Å². The minimum absolute atomic E-state index is 0.0619. The fourth-order valence-electron chi connectivity index (χ4n) is 5.13. The zero-order valence-corrected chi connectivity index (χ0v) is 14.2. The molecule has 3 nitrogen and oxygen atoms in total. The lowest BCUT2D eigenvalue weighted by molar-refractivity contribution is -0.247. The highest BCUT2D eigenvalue weighted by molar-refractivity contribution is 8.14. The van der Waals surface area contributed by atoms with Gasteiger partial charge in [-0.15, -0.1) is 0 Å². The third-order valence-corrected chi connectivity index (χ3v) is 6.92. The van der Waals surface area contributed by atoms with Crippen molar-refractivity contribution in [3.63, 3.8) is 0 Å². The van der Waals surface area contributed by atoms with Crippen LogP contribution in [-0.2, 0) is 4.79 Å². The first-order valence-corrected chi connectivity index (χ1v) is 8.94. The number of aliphatic hydroxyl groups excluding tert-OH is 1. The molecule has 0 spiro atoms. The fraction of sp³-hybridized carbons (Fsp3) is 0.824. The van der Waals surface area contributed by atoms with Crippen LogP contribution in [0, 0.1) is 22.7 Å². The molecule has 2 fully saturated rings. The number of hydrogen-bond acceptors (Lipinski definition) is 4. The van der Waals surface area contributed by atoms with Gasteiger partial charge in [-0.05, 0) is 42.3 Å². The Morgan fingerprint density at radius 1 is 1.33 bits per heavy atom. The van der Waals surface area contributed by atoms with Gasteiger partial charge in [0.05, 0.1) is 6.10 Å². The molecule has 4 heteroatoms. The van der Waals surface area contributed by atoms with Crippen molar-refractivity contribution in [2.45, 2.75) is 58.7 Å². The summed E-state index contributed by atoms with van der Waals surface area (Å²) in [6.45, 7) is 8.53. The predicted molar refractivity (Wildman–Crippen MR) is 84.9 cm³/mol. The minimum Gasteiger partial charge on any atom is -0.390 e. The van der Waals surface area contributed by atoms with E-state index in [1.165, 1.54) is 11.8 Å². The molecule has 3 aliphatic carbocycles. The minimum atomic E-state index is -1.34. The Morgan fingerprint density at radius 3 is 2.57 bits per heavy atom. The van der Waals surface area contributed by atoms with Crippen molar-refractivity contribution in [3.8, 4) is 0 Å². The normalized spacial score (nSPS) is 47.1. The number of aliphatic hydroxyl groups is 2. The molecule has 0 radical (unpaired) electrons. The number of carbonyl (C=O) groups is 1. The number of rotatable bonds is 2.